The summed E-state index contributed by atoms with van der Waals surface area (Å²) in [5.74, 6) is -1.46. The molecule has 6 rings (SSSR count). The molecule has 0 aromatic heterocycles. The van der Waals surface area contributed by atoms with Gasteiger partial charge in [-0.15, -0.1) is 0 Å². The number of alkyl carbamates (subject to hydrolysis) is 1. The largest absolute Gasteiger partial charge is 0.462 e. The van der Waals surface area contributed by atoms with Crippen LogP contribution in [0.25, 0.3) is 0 Å². The van der Waals surface area contributed by atoms with Crippen molar-refractivity contribution in [3.8, 4) is 0 Å². The van der Waals surface area contributed by atoms with Crippen LogP contribution in [-0.2, 0) is 42.5 Å². The molecule has 2 aliphatic carbocycles. The fraction of sp³-hybridized carbons (Fsp3) is 0.673. The molecule has 3 N–H and O–H groups in total. The summed E-state index contributed by atoms with van der Waals surface area (Å²) in [6.45, 7) is 18.9. The van der Waals surface area contributed by atoms with Crippen LogP contribution in [0, 0.1) is 23.7 Å². The summed E-state index contributed by atoms with van der Waals surface area (Å²) in [4.78, 5) is 77.1. The average molecular weight is 937 g/mol. The first-order valence-corrected chi connectivity index (χ1v) is 26.9. The van der Waals surface area contributed by atoms with Crippen LogP contribution in [0.4, 0.5) is 10.5 Å². The van der Waals surface area contributed by atoms with E-state index in [-0.39, 0.29) is 77.0 Å². The van der Waals surface area contributed by atoms with Gasteiger partial charge in [-0.3, -0.25) is 34.2 Å². The predicted octanol–water partition coefficient (Wildman–Crippen LogP) is 6.71. The quantitative estimate of drug-likeness (QED) is 0.0481. The van der Waals surface area contributed by atoms with Crippen LogP contribution >= 0.6 is 0 Å². The van der Waals surface area contributed by atoms with E-state index in [1.807, 2.05) is 0 Å². The van der Waals surface area contributed by atoms with Gasteiger partial charge in [0.2, 0.25) is 11.8 Å². The Balaban J connectivity index is 0.814. The van der Waals surface area contributed by atoms with Crippen LogP contribution < -0.4 is 16.0 Å². The molecular weight excluding hydrogens is 865 g/mol. The number of benzene rings is 1. The lowest BCUT2D eigenvalue weighted by atomic mass is 9.65. The van der Waals surface area contributed by atoms with Crippen LogP contribution in [0.3, 0.4) is 0 Å². The number of piperidine rings is 1. The maximum atomic E-state index is 13.3. The van der Waals surface area contributed by atoms with Gasteiger partial charge < -0.3 is 38.7 Å². The highest BCUT2D eigenvalue weighted by Gasteiger charge is 2.47. The van der Waals surface area contributed by atoms with Crippen LogP contribution in [0.2, 0.25) is 18.1 Å². The number of hydrogen-bond acceptors (Lipinski definition) is 13. The van der Waals surface area contributed by atoms with Crippen molar-refractivity contribution in [2.24, 2.45) is 23.7 Å². The van der Waals surface area contributed by atoms with Crippen LogP contribution in [0.15, 0.2) is 42.0 Å². The summed E-state index contributed by atoms with van der Waals surface area (Å²) in [6, 6.07) is 3.95. The average Bonchev–Trinajstić information content (AvgIpc) is 3.50. The van der Waals surface area contributed by atoms with E-state index in [0.717, 1.165) is 24.2 Å². The smallest absolute Gasteiger partial charge is 0.407 e. The maximum absolute atomic E-state index is 13.3. The second-order valence-corrected chi connectivity index (χ2v) is 24.7. The molecule has 0 radical (unpaired) electrons. The van der Waals surface area contributed by atoms with Crippen LogP contribution in [-0.4, -0.2) is 126 Å². The number of nitrogens with one attached hydrogen (secondary N) is 3. The van der Waals surface area contributed by atoms with E-state index in [1.54, 1.807) is 18.2 Å². The van der Waals surface area contributed by atoms with Gasteiger partial charge in [-0.1, -0.05) is 58.9 Å². The predicted molar refractivity (Wildman–Crippen MR) is 249 cm³/mol. The molecule has 2 fully saturated rings. The Morgan fingerprint density at radius 1 is 0.909 bits per heavy atom. The van der Waals surface area contributed by atoms with Crippen LogP contribution in [0.1, 0.15) is 113 Å². The molecule has 5 aliphatic rings. The highest BCUT2D eigenvalue weighted by molar-refractivity contribution is 6.74. The molecule has 0 spiro atoms. The van der Waals surface area contributed by atoms with Crippen molar-refractivity contribution in [1.82, 2.24) is 15.5 Å². The second kappa shape index (κ2) is 23.1. The molecule has 1 aromatic rings. The van der Waals surface area contributed by atoms with Crippen molar-refractivity contribution in [3.63, 3.8) is 0 Å². The van der Waals surface area contributed by atoms with Crippen molar-refractivity contribution in [1.29, 1.82) is 0 Å². The number of carbonyl (C=O) groups is 6. The molecule has 1 aromatic carbocycles. The van der Waals surface area contributed by atoms with Gasteiger partial charge in [0.25, 0.3) is 11.8 Å². The van der Waals surface area contributed by atoms with E-state index in [2.05, 4.69) is 81.9 Å². The first-order chi connectivity index (χ1) is 31.4. The van der Waals surface area contributed by atoms with E-state index in [4.69, 9.17) is 28.1 Å². The van der Waals surface area contributed by atoms with Crippen molar-refractivity contribution in [3.05, 3.63) is 53.1 Å². The number of allylic oxidation sites excluding steroid dienone is 3. The topological polar surface area (TPSA) is 197 Å². The van der Waals surface area contributed by atoms with Gasteiger partial charge in [0.15, 0.2) is 8.32 Å². The zero-order valence-electron chi connectivity index (χ0n) is 39.9. The zero-order chi connectivity index (χ0) is 47.6. The molecule has 0 saturated carbocycles. The van der Waals surface area contributed by atoms with E-state index in [1.165, 1.54) is 5.57 Å². The second-order valence-electron chi connectivity index (χ2n) is 19.9. The molecule has 8 atom stereocenters. The van der Waals surface area contributed by atoms with Crippen molar-refractivity contribution in [2.45, 2.75) is 135 Å². The Labute approximate surface area is 390 Å². The van der Waals surface area contributed by atoms with Crippen molar-refractivity contribution < 1.29 is 56.9 Å². The van der Waals surface area contributed by atoms with Crippen LogP contribution in [0.5, 0.6) is 0 Å². The van der Waals surface area contributed by atoms with Gasteiger partial charge in [0.1, 0.15) is 18.2 Å². The third-order valence-corrected chi connectivity index (χ3v) is 18.4. The number of anilines is 1. The molecule has 364 valence electrons. The standard InChI is InChI=1S/C49H72N4O12Si/c1-31-27-33-14-13-32(2)36(16-15-34-29-35(30-42(55)63-34)65-66(6,7)49(3,4)5)43(33)40(28-31)64-48(59)51-20-10-22-61-24-26-62-25-23-60-21-9-19-50-38-12-8-11-37-44(38)47(58)53(46(37)57)39-17-18-41(54)52-45(39)56/h8,11-14,27,31-32,34-36,39-40,43,50H,9-10,15-26,28-30H2,1-7H3,(H,51,59)(H,52,54,56)/t31-,32-,34+,35+,36-,39?,40-,43-/m0/s1. The fourth-order valence-corrected chi connectivity index (χ4v) is 10.8. The minimum Gasteiger partial charge on any atom is -0.462 e. The summed E-state index contributed by atoms with van der Waals surface area (Å²) in [5.41, 5.74) is 2.18. The number of esters is 1. The Bertz CT molecular complexity index is 1980. The number of nitrogens with zero attached hydrogens (tertiary/aromatic N) is 1. The van der Waals surface area contributed by atoms with Gasteiger partial charge in [0.05, 0.1) is 50.1 Å². The van der Waals surface area contributed by atoms with Gasteiger partial charge in [-0.2, -0.15) is 0 Å². The SMILES string of the molecule is C[C@H]1C=C2C=C[C@H](C)[C@H](CC[C@@H]3C[C@@H](O[Si](C)(C)C(C)(C)C)CC(=O)O3)[C@H]2[C@@H](OC(=O)NCCCOCCOCCOCCCNc2cccc3c2C(=O)N(C2CCC(=O)NC2=O)C3=O)C1. The number of imide groups is 2. The number of hydrogen-bond donors (Lipinski definition) is 3. The summed E-state index contributed by atoms with van der Waals surface area (Å²) in [7, 11) is -2.04. The summed E-state index contributed by atoms with van der Waals surface area (Å²) < 4.78 is 35.7. The molecular formula is C49H72N4O12Si. The number of fused-ring (bicyclic) bond motifs is 2. The number of rotatable bonds is 22. The lowest BCUT2D eigenvalue weighted by Crippen LogP contribution is -2.54. The highest BCUT2D eigenvalue weighted by Crippen LogP contribution is 2.46. The summed E-state index contributed by atoms with van der Waals surface area (Å²) >= 11 is 0. The van der Waals surface area contributed by atoms with Gasteiger partial charge >= 0.3 is 12.1 Å². The van der Waals surface area contributed by atoms with Gasteiger partial charge in [0, 0.05) is 50.8 Å². The number of cyclic esters (lactones) is 1. The minimum absolute atomic E-state index is 0.0576. The number of ether oxygens (including phenoxy) is 5. The first-order valence-electron chi connectivity index (χ1n) is 24.0. The van der Waals surface area contributed by atoms with Crippen molar-refractivity contribution >= 4 is 49.7 Å². The molecule has 5 amide bonds. The minimum atomic E-state index is -2.04. The summed E-state index contributed by atoms with van der Waals surface area (Å²) in [5, 5.41) is 8.39. The lowest BCUT2D eigenvalue weighted by molar-refractivity contribution is -0.160. The Kier molecular flexibility index (Phi) is 17.8. The van der Waals surface area contributed by atoms with Crippen molar-refractivity contribution in [2.75, 3.05) is 58.0 Å². The maximum Gasteiger partial charge on any atom is 0.407 e. The third-order valence-electron chi connectivity index (χ3n) is 13.9. The fourth-order valence-electron chi connectivity index (χ4n) is 9.45. The molecule has 1 unspecified atom stereocenters. The zero-order valence-corrected chi connectivity index (χ0v) is 40.9. The third kappa shape index (κ3) is 13.2. The lowest BCUT2D eigenvalue weighted by Gasteiger charge is -2.44. The monoisotopic (exact) mass is 936 g/mol. The molecule has 17 heteroatoms. The number of carbonyl (C=O) groups excluding carboxylic acids is 6. The normalized spacial score (nSPS) is 26.6. The van der Waals surface area contributed by atoms with E-state index < -0.39 is 44.1 Å². The molecule has 2 saturated heterocycles. The first kappa shape index (κ1) is 51.0. The Morgan fingerprint density at radius 3 is 2.30 bits per heavy atom. The summed E-state index contributed by atoms with van der Waals surface area (Å²) in [6.07, 6.45) is 10.6. The molecule has 16 nitrogen and oxygen atoms in total. The molecule has 3 aliphatic heterocycles. The van der Waals surface area contributed by atoms with E-state index in [0.29, 0.717) is 84.1 Å². The molecule has 66 heavy (non-hydrogen) atoms. The van der Waals surface area contributed by atoms with E-state index >= 15 is 0 Å². The molecule has 3 heterocycles. The van der Waals surface area contributed by atoms with E-state index in [9.17, 15) is 28.8 Å². The Hall–Kier alpha value is -4.42. The highest BCUT2D eigenvalue weighted by atomic mass is 28.4. The number of amides is 5. The van der Waals surface area contributed by atoms with Gasteiger partial charge in [-0.25, -0.2) is 4.79 Å². The van der Waals surface area contributed by atoms with Gasteiger partial charge in [-0.05, 0) is 92.1 Å². The molecule has 0 bridgehead atoms. The Morgan fingerprint density at radius 2 is 1.61 bits per heavy atom.